The fraction of sp³-hybridized carbons (Fsp3) is 0.750. The molecule has 5 rings (SSSR count). The Morgan fingerprint density at radius 2 is 1.97 bits per heavy atom. The summed E-state index contributed by atoms with van der Waals surface area (Å²) in [6.07, 6.45) is 4.00. The van der Waals surface area contributed by atoms with E-state index in [2.05, 4.69) is 0 Å². The molecule has 1 heterocycles. The van der Waals surface area contributed by atoms with Crippen LogP contribution in [0, 0.1) is 22.7 Å². The quantitative estimate of drug-likeness (QED) is 0.544. The third-order valence-corrected chi connectivity index (χ3v) is 9.19. The van der Waals surface area contributed by atoms with Crippen LogP contribution in [0.1, 0.15) is 54.8 Å². The Kier molecular flexibility index (Phi) is 5.63. The number of ketones is 2. The van der Waals surface area contributed by atoms with Gasteiger partial charge in [-0.15, -0.1) is 0 Å². The van der Waals surface area contributed by atoms with Crippen LogP contribution in [0.15, 0.2) is 23.8 Å². The summed E-state index contributed by atoms with van der Waals surface area (Å²) >= 11 is 0. The normalized spacial score (nSPS) is 50.5. The van der Waals surface area contributed by atoms with Gasteiger partial charge in [-0.1, -0.05) is 18.6 Å². The van der Waals surface area contributed by atoms with Crippen molar-refractivity contribution in [1.29, 1.82) is 0 Å². The molecule has 0 aromatic heterocycles. The van der Waals surface area contributed by atoms with E-state index in [0.717, 1.165) is 5.57 Å². The number of halogens is 1. The van der Waals surface area contributed by atoms with Crippen molar-refractivity contribution in [2.75, 3.05) is 6.61 Å². The zero-order valence-corrected chi connectivity index (χ0v) is 21.5. The number of aliphatic hydroxyl groups excluding tert-OH is 2. The molecule has 0 amide bonds. The smallest absolute Gasteiger partial charge is 1.00 e. The molecule has 3 saturated carbocycles. The predicted octanol–water partition coefficient (Wildman–Crippen LogP) is -0.465. The van der Waals surface area contributed by atoms with Gasteiger partial charge in [0.1, 0.15) is 6.61 Å². The van der Waals surface area contributed by atoms with Crippen LogP contribution in [0.3, 0.4) is 0 Å². The van der Waals surface area contributed by atoms with E-state index >= 15 is 4.39 Å². The fourth-order valence-electron chi connectivity index (χ4n) is 7.93. The Morgan fingerprint density at radius 1 is 1.28 bits per heavy atom. The van der Waals surface area contributed by atoms with Gasteiger partial charge in [-0.25, -0.2) is 4.39 Å². The standard InChI is InChI=1S/C24H31FO6.Na.H/c1-20(2)30-19-10-16-15-6-5-13-9-14(27)7-8-21(13,3)23(15,25)17(28)11-22(16,4)24(19,31-20)18(29)12-26;;/h7-9,15-17,19,26,28H,5-6,10-12H2,1-4H3;;/q;+1;-1/t15-,16-,17-,19+,21-,22-,23-,24+;;/m0../s1. The Morgan fingerprint density at radius 3 is 2.62 bits per heavy atom. The third-order valence-electron chi connectivity index (χ3n) is 9.19. The minimum Gasteiger partial charge on any atom is -1.00 e. The van der Waals surface area contributed by atoms with Crippen LogP contribution in [-0.2, 0) is 19.1 Å². The minimum atomic E-state index is -1.98. The second-order valence-corrected chi connectivity index (χ2v) is 10.9. The molecule has 0 unspecified atom stereocenters. The van der Waals surface area contributed by atoms with Gasteiger partial charge in [0.2, 0.25) is 0 Å². The van der Waals surface area contributed by atoms with E-state index in [1.165, 1.54) is 12.2 Å². The average Bonchev–Trinajstić information content (AvgIpc) is 3.09. The number of fused-ring (bicyclic) bond motifs is 7. The van der Waals surface area contributed by atoms with Crippen LogP contribution in [0.2, 0.25) is 0 Å². The van der Waals surface area contributed by atoms with Crippen molar-refractivity contribution in [3.8, 4) is 0 Å². The molecule has 1 saturated heterocycles. The monoisotopic (exact) mass is 458 g/mol. The summed E-state index contributed by atoms with van der Waals surface area (Å²) in [6, 6.07) is 0. The Bertz CT molecular complexity index is 938. The molecule has 172 valence electrons. The summed E-state index contributed by atoms with van der Waals surface area (Å²) < 4.78 is 29.5. The summed E-state index contributed by atoms with van der Waals surface area (Å²) in [6.45, 7) is 6.41. The van der Waals surface area contributed by atoms with Crippen molar-refractivity contribution in [2.45, 2.75) is 82.6 Å². The molecule has 5 aliphatic rings. The van der Waals surface area contributed by atoms with Crippen molar-refractivity contribution < 1.29 is 64.7 Å². The number of hydrogen-bond acceptors (Lipinski definition) is 6. The van der Waals surface area contributed by atoms with E-state index in [1.54, 1.807) is 26.8 Å². The summed E-state index contributed by atoms with van der Waals surface area (Å²) in [5.74, 6) is -2.46. The molecule has 4 fully saturated rings. The van der Waals surface area contributed by atoms with Crippen LogP contribution < -0.4 is 29.6 Å². The van der Waals surface area contributed by atoms with Crippen molar-refractivity contribution in [1.82, 2.24) is 0 Å². The van der Waals surface area contributed by atoms with Crippen LogP contribution in [0.25, 0.3) is 0 Å². The molecular formula is C24H32FNaO6. The second kappa shape index (κ2) is 7.30. The molecule has 0 spiro atoms. The van der Waals surface area contributed by atoms with Gasteiger partial charge >= 0.3 is 29.6 Å². The average molecular weight is 459 g/mol. The molecular weight excluding hydrogens is 426 g/mol. The van der Waals surface area contributed by atoms with E-state index in [4.69, 9.17) is 9.47 Å². The number of carbonyl (C=O) groups excluding carboxylic acids is 2. The SMILES string of the molecule is CC1(C)O[C@@H]2C[C@H]3[C@@H]4CCC5=CC(=O)C=C[C@]5(C)[C@@]4(F)[C@@H](O)C[C@]3(C)[C@]2(C(=O)CO)O1.[H-].[Na+]. The number of Topliss-reactive ketones (excluding diaryl/α,β-unsaturated/α-hetero) is 1. The zero-order valence-electron chi connectivity index (χ0n) is 20.5. The number of allylic oxidation sites excluding steroid dienone is 4. The number of alkyl halides is 1. The van der Waals surface area contributed by atoms with Crippen molar-refractivity contribution in [3.05, 3.63) is 23.8 Å². The van der Waals surface area contributed by atoms with E-state index in [0.29, 0.717) is 19.3 Å². The predicted molar refractivity (Wildman–Crippen MR) is 110 cm³/mol. The Labute approximate surface area is 211 Å². The summed E-state index contributed by atoms with van der Waals surface area (Å²) in [7, 11) is 0. The van der Waals surface area contributed by atoms with E-state index in [1.807, 2.05) is 6.92 Å². The number of aliphatic hydroxyl groups is 2. The minimum absolute atomic E-state index is 0. The summed E-state index contributed by atoms with van der Waals surface area (Å²) in [4.78, 5) is 25.1. The van der Waals surface area contributed by atoms with Gasteiger partial charge in [0.25, 0.3) is 0 Å². The molecule has 0 aromatic rings. The first kappa shape index (κ1) is 24.7. The first-order chi connectivity index (χ1) is 14.4. The Hall–Kier alpha value is -0.410. The van der Waals surface area contributed by atoms with E-state index < -0.39 is 58.4 Å². The Balaban J connectivity index is 0.00000153. The molecule has 4 aliphatic carbocycles. The first-order valence-electron chi connectivity index (χ1n) is 11.2. The van der Waals surface area contributed by atoms with Crippen molar-refractivity contribution in [2.24, 2.45) is 22.7 Å². The van der Waals surface area contributed by atoms with Crippen LogP contribution in [0.5, 0.6) is 0 Å². The maximum Gasteiger partial charge on any atom is 1.00 e. The molecule has 0 radical (unpaired) electrons. The molecule has 1 aliphatic heterocycles. The topological polar surface area (TPSA) is 93.1 Å². The molecule has 6 nitrogen and oxygen atoms in total. The molecule has 32 heavy (non-hydrogen) atoms. The summed E-state index contributed by atoms with van der Waals surface area (Å²) in [5, 5.41) is 21.2. The van der Waals surface area contributed by atoms with Gasteiger partial charge in [-0.05, 0) is 64.5 Å². The molecule has 8 atom stereocenters. The number of hydrogen-bond donors (Lipinski definition) is 2. The molecule has 0 aromatic carbocycles. The largest absolute Gasteiger partial charge is 1.00 e. The summed E-state index contributed by atoms with van der Waals surface area (Å²) in [5.41, 5.74) is -4.66. The van der Waals surface area contributed by atoms with Crippen molar-refractivity contribution >= 4 is 11.6 Å². The number of carbonyl (C=O) groups is 2. The zero-order chi connectivity index (χ0) is 22.6. The first-order valence-corrected chi connectivity index (χ1v) is 11.2. The van der Waals surface area contributed by atoms with Crippen molar-refractivity contribution in [3.63, 3.8) is 0 Å². The maximum atomic E-state index is 17.1. The molecule has 2 N–H and O–H groups in total. The molecule has 0 bridgehead atoms. The van der Waals surface area contributed by atoms with Gasteiger partial charge in [0.15, 0.2) is 28.6 Å². The van der Waals surface area contributed by atoms with E-state index in [-0.39, 0.29) is 49.1 Å². The maximum absolute atomic E-state index is 17.1. The van der Waals surface area contributed by atoms with Gasteiger partial charge in [-0.2, -0.15) is 0 Å². The number of ether oxygens (including phenoxy) is 2. The van der Waals surface area contributed by atoms with Crippen LogP contribution in [0.4, 0.5) is 4.39 Å². The van der Waals surface area contributed by atoms with Gasteiger partial charge in [0, 0.05) is 16.7 Å². The third kappa shape index (κ3) is 2.70. The van der Waals surface area contributed by atoms with Crippen LogP contribution in [-0.4, -0.2) is 57.7 Å². The second-order valence-electron chi connectivity index (χ2n) is 10.9. The molecule has 8 heteroatoms. The number of rotatable bonds is 2. The van der Waals surface area contributed by atoms with Gasteiger partial charge < -0.3 is 21.1 Å². The van der Waals surface area contributed by atoms with Gasteiger partial charge in [-0.3, -0.25) is 9.59 Å². The van der Waals surface area contributed by atoms with Crippen LogP contribution >= 0.6 is 0 Å². The fourth-order valence-corrected chi connectivity index (χ4v) is 7.93. The van der Waals surface area contributed by atoms with E-state index in [9.17, 15) is 19.8 Å². The van der Waals surface area contributed by atoms with Gasteiger partial charge in [0.05, 0.1) is 12.2 Å².